The van der Waals surface area contributed by atoms with Crippen LogP contribution in [0.2, 0.25) is 0 Å². The van der Waals surface area contributed by atoms with E-state index in [0.717, 1.165) is 41.7 Å². The van der Waals surface area contributed by atoms with Crippen molar-refractivity contribution < 1.29 is 17.9 Å². The molecule has 1 unspecified atom stereocenters. The number of halogens is 1. The Morgan fingerprint density at radius 2 is 1.82 bits per heavy atom. The lowest BCUT2D eigenvalue weighted by molar-refractivity contribution is 0.0978. The smallest absolute Gasteiger partial charge is 0.260 e. The second-order valence-corrected chi connectivity index (χ2v) is 12.5. The van der Waals surface area contributed by atoms with Crippen LogP contribution in [0.4, 0.5) is 5.13 Å². The number of hydrogen-bond acceptors (Lipinski definition) is 7. The molecule has 1 saturated heterocycles. The maximum Gasteiger partial charge on any atom is 0.260 e. The van der Waals surface area contributed by atoms with E-state index in [1.165, 1.54) is 27.8 Å². The van der Waals surface area contributed by atoms with Gasteiger partial charge in [0.2, 0.25) is 10.0 Å². The molecular weight excluding hydrogens is 544 g/mol. The standard InChI is InChI=1S/C27H36N4O4S2.ClH/c1-5-30(6-2)15-16-31(27-28-24-14-9-20(3)18-25(24)36-27)26(32)21-10-12-23(13-11-21)37(33,34)29(4)19-22-8-7-17-35-22;/h9-14,18,22H,5-8,15-17,19H2,1-4H3;1H. The minimum absolute atomic E-state index is 0. The predicted octanol–water partition coefficient (Wildman–Crippen LogP) is 4.81. The van der Waals surface area contributed by atoms with E-state index < -0.39 is 10.0 Å². The van der Waals surface area contributed by atoms with Crippen LogP contribution >= 0.6 is 23.7 Å². The zero-order valence-electron chi connectivity index (χ0n) is 22.4. The van der Waals surface area contributed by atoms with Gasteiger partial charge in [-0.1, -0.05) is 31.3 Å². The highest BCUT2D eigenvalue weighted by Gasteiger charge is 2.27. The van der Waals surface area contributed by atoms with Gasteiger partial charge in [0, 0.05) is 38.9 Å². The van der Waals surface area contributed by atoms with Crippen molar-refractivity contribution in [3.63, 3.8) is 0 Å². The number of likely N-dealkylation sites (N-methyl/N-ethyl adjacent to an activating group) is 2. The average molecular weight is 581 g/mol. The summed E-state index contributed by atoms with van der Waals surface area (Å²) in [6, 6.07) is 12.3. The Labute approximate surface area is 236 Å². The molecule has 1 aromatic heterocycles. The van der Waals surface area contributed by atoms with E-state index in [2.05, 4.69) is 24.8 Å². The normalized spacial score (nSPS) is 15.8. The second-order valence-electron chi connectivity index (χ2n) is 9.40. The molecule has 1 atom stereocenters. The number of aryl methyl sites for hydroxylation is 1. The highest BCUT2D eigenvalue weighted by molar-refractivity contribution is 7.89. The van der Waals surface area contributed by atoms with E-state index in [1.807, 2.05) is 19.1 Å². The van der Waals surface area contributed by atoms with Crippen LogP contribution in [0.5, 0.6) is 0 Å². The Hall–Kier alpha value is -2.08. The Balaban J connectivity index is 0.00000400. The van der Waals surface area contributed by atoms with Gasteiger partial charge in [0.25, 0.3) is 5.91 Å². The SMILES string of the molecule is CCN(CC)CCN(C(=O)c1ccc(S(=O)(=O)N(C)CC2CCCO2)cc1)c1nc2ccc(C)cc2s1.Cl. The van der Waals surface area contributed by atoms with Crippen LogP contribution in [-0.2, 0) is 14.8 Å². The summed E-state index contributed by atoms with van der Waals surface area (Å²) < 4.78 is 34.1. The van der Waals surface area contributed by atoms with Gasteiger partial charge in [-0.05, 0) is 74.8 Å². The maximum atomic E-state index is 13.7. The number of anilines is 1. The van der Waals surface area contributed by atoms with Crippen molar-refractivity contribution in [3.8, 4) is 0 Å². The number of fused-ring (bicyclic) bond motifs is 1. The Morgan fingerprint density at radius 3 is 2.45 bits per heavy atom. The number of sulfonamides is 1. The van der Waals surface area contributed by atoms with Crippen LogP contribution in [0, 0.1) is 6.92 Å². The third kappa shape index (κ3) is 6.91. The number of ether oxygens (including phenoxy) is 1. The minimum atomic E-state index is -3.68. The van der Waals surface area contributed by atoms with Gasteiger partial charge < -0.3 is 9.64 Å². The van der Waals surface area contributed by atoms with Crippen molar-refractivity contribution in [2.45, 2.75) is 44.6 Å². The van der Waals surface area contributed by atoms with Gasteiger partial charge in [-0.25, -0.2) is 13.4 Å². The third-order valence-corrected chi connectivity index (χ3v) is 9.72. The summed E-state index contributed by atoms with van der Waals surface area (Å²) in [6.45, 7) is 10.2. The maximum absolute atomic E-state index is 13.7. The van der Waals surface area contributed by atoms with E-state index >= 15 is 0 Å². The second kappa shape index (κ2) is 13.3. The van der Waals surface area contributed by atoms with Crippen molar-refractivity contribution in [2.75, 3.05) is 51.3 Å². The molecule has 0 aliphatic carbocycles. The van der Waals surface area contributed by atoms with Crippen LogP contribution in [0.3, 0.4) is 0 Å². The van der Waals surface area contributed by atoms with Gasteiger partial charge in [0.15, 0.2) is 5.13 Å². The first-order valence-corrected chi connectivity index (χ1v) is 15.1. The van der Waals surface area contributed by atoms with Crippen LogP contribution in [0.15, 0.2) is 47.4 Å². The average Bonchev–Trinajstić information content (AvgIpc) is 3.56. The highest BCUT2D eigenvalue weighted by Crippen LogP contribution is 2.30. The molecule has 1 aliphatic rings. The molecule has 4 rings (SSSR count). The van der Waals surface area contributed by atoms with Gasteiger partial charge in [-0.15, -0.1) is 12.4 Å². The molecule has 11 heteroatoms. The molecule has 3 aromatic rings. The molecular formula is C27H37ClN4O4S2. The lowest BCUT2D eigenvalue weighted by atomic mass is 10.2. The Kier molecular flexibility index (Phi) is 10.7. The van der Waals surface area contributed by atoms with E-state index in [-0.39, 0.29) is 29.3 Å². The number of aromatic nitrogens is 1. The number of nitrogens with zero attached hydrogens (tertiary/aromatic N) is 4. The first kappa shape index (κ1) is 30.5. The quantitative estimate of drug-likeness (QED) is 0.323. The molecule has 208 valence electrons. The molecule has 0 radical (unpaired) electrons. The Morgan fingerprint density at radius 1 is 1.11 bits per heavy atom. The van der Waals surface area contributed by atoms with E-state index in [0.29, 0.717) is 36.9 Å². The molecule has 1 aliphatic heterocycles. The molecule has 2 aromatic carbocycles. The summed E-state index contributed by atoms with van der Waals surface area (Å²) >= 11 is 1.50. The molecule has 0 N–H and O–H groups in total. The fourth-order valence-corrected chi connectivity index (χ4v) is 6.77. The summed E-state index contributed by atoms with van der Waals surface area (Å²) in [6.07, 6.45) is 1.74. The van der Waals surface area contributed by atoms with Crippen LogP contribution < -0.4 is 4.90 Å². The lowest BCUT2D eigenvalue weighted by Gasteiger charge is -2.25. The van der Waals surface area contributed by atoms with Gasteiger partial charge in [0.05, 0.1) is 21.2 Å². The molecule has 0 spiro atoms. The number of hydrogen-bond donors (Lipinski definition) is 0. The van der Waals surface area contributed by atoms with E-state index in [4.69, 9.17) is 9.72 Å². The zero-order chi connectivity index (χ0) is 26.6. The number of carbonyl (C=O) groups is 1. The van der Waals surface area contributed by atoms with Crippen molar-refractivity contribution in [1.29, 1.82) is 0 Å². The van der Waals surface area contributed by atoms with Gasteiger partial charge in [-0.3, -0.25) is 9.69 Å². The third-order valence-electron chi connectivity index (χ3n) is 6.84. The molecule has 1 amide bonds. The predicted molar refractivity (Wildman–Crippen MR) is 156 cm³/mol. The highest BCUT2D eigenvalue weighted by atomic mass is 35.5. The minimum Gasteiger partial charge on any atom is -0.377 e. The number of benzene rings is 2. The summed E-state index contributed by atoms with van der Waals surface area (Å²) in [7, 11) is -2.11. The monoisotopic (exact) mass is 580 g/mol. The molecule has 2 heterocycles. The number of amides is 1. The molecule has 1 fully saturated rings. The largest absolute Gasteiger partial charge is 0.377 e. The molecule has 0 saturated carbocycles. The summed E-state index contributed by atoms with van der Waals surface area (Å²) in [5, 5.41) is 0.644. The van der Waals surface area contributed by atoms with Crippen LogP contribution in [0.1, 0.15) is 42.6 Å². The van der Waals surface area contributed by atoms with Gasteiger partial charge >= 0.3 is 0 Å². The van der Waals surface area contributed by atoms with Crippen molar-refractivity contribution in [3.05, 3.63) is 53.6 Å². The molecule has 38 heavy (non-hydrogen) atoms. The molecule has 0 bridgehead atoms. The van der Waals surface area contributed by atoms with Crippen molar-refractivity contribution >= 4 is 55.0 Å². The lowest BCUT2D eigenvalue weighted by Crippen LogP contribution is -2.39. The summed E-state index contributed by atoms with van der Waals surface area (Å²) in [5.41, 5.74) is 2.43. The fourth-order valence-electron chi connectivity index (χ4n) is 4.48. The topological polar surface area (TPSA) is 83.1 Å². The van der Waals surface area contributed by atoms with E-state index in [9.17, 15) is 13.2 Å². The van der Waals surface area contributed by atoms with Gasteiger partial charge in [-0.2, -0.15) is 4.31 Å². The van der Waals surface area contributed by atoms with Gasteiger partial charge in [0.1, 0.15) is 0 Å². The van der Waals surface area contributed by atoms with E-state index in [1.54, 1.807) is 24.1 Å². The van der Waals surface area contributed by atoms with Crippen molar-refractivity contribution in [2.24, 2.45) is 0 Å². The summed E-state index contributed by atoms with van der Waals surface area (Å²) in [4.78, 5) is 22.6. The number of thiazole rings is 1. The Bertz CT molecular complexity index is 1320. The number of rotatable bonds is 11. The summed E-state index contributed by atoms with van der Waals surface area (Å²) in [5.74, 6) is -0.195. The van der Waals surface area contributed by atoms with Crippen LogP contribution in [-0.4, -0.2) is 81.0 Å². The molecule has 8 nitrogen and oxygen atoms in total. The fraction of sp³-hybridized carbons (Fsp3) is 0.481. The number of carbonyl (C=O) groups excluding carboxylic acids is 1. The van der Waals surface area contributed by atoms with Crippen LogP contribution in [0.25, 0.3) is 10.2 Å². The van der Waals surface area contributed by atoms with Crippen molar-refractivity contribution in [1.82, 2.24) is 14.2 Å². The first-order chi connectivity index (χ1) is 17.7. The first-order valence-electron chi connectivity index (χ1n) is 12.8. The zero-order valence-corrected chi connectivity index (χ0v) is 24.9.